The Hall–Kier alpha value is -3.39. The molecule has 2 aliphatic rings. The van der Waals surface area contributed by atoms with E-state index < -0.39 is 12.0 Å². The average Bonchev–Trinajstić information content (AvgIpc) is 3.69. The summed E-state index contributed by atoms with van der Waals surface area (Å²) in [6.07, 6.45) is 9.46. The number of hydrogen-bond acceptors (Lipinski definition) is 6. The van der Waals surface area contributed by atoms with E-state index in [4.69, 9.17) is 9.97 Å². The molecular weight excluding hydrogens is 488 g/mol. The van der Waals surface area contributed by atoms with E-state index in [9.17, 15) is 9.90 Å². The zero-order valence-electron chi connectivity index (χ0n) is 23.1. The highest BCUT2D eigenvalue weighted by atomic mass is 16.4. The van der Waals surface area contributed by atoms with E-state index in [2.05, 4.69) is 52.2 Å². The number of aliphatic carboxylic acids is 1. The second kappa shape index (κ2) is 12.6. The number of carboxylic acid groups (broad SMARTS) is 1. The number of rotatable bonds is 15. The molecule has 208 valence electrons. The van der Waals surface area contributed by atoms with E-state index in [1.165, 1.54) is 24.8 Å². The number of unbranched alkanes of at least 4 members (excludes halogenated alkanes) is 1. The van der Waals surface area contributed by atoms with Crippen molar-refractivity contribution < 1.29 is 9.90 Å². The number of carbonyl (C=O) groups is 1. The van der Waals surface area contributed by atoms with Gasteiger partial charge in [-0.3, -0.25) is 0 Å². The van der Waals surface area contributed by atoms with E-state index in [1.807, 2.05) is 18.2 Å². The first-order valence-corrected chi connectivity index (χ1v) is 14.6. The maximum atomic E-state index is 12.1. The van der Waals surface area contributed by atoms with Gasteiger partial charge in [0.25, 0.3) is 0 Å². The Labute approximate surface area is 231 Å². The lowest BCUT2D eigenvalue weighted by atomic mass is 10.0. The van der Waals surface area contributed by atoms with Crippen molar-refractivity contribution in [2.24, 2.45) is 5.92 Å². The zero-order chi connectivity index (χ0) is 27.2. The molecule has 0 amide bonds. The van der Waals surface area contributed by atoms with Crippen LogP contribution in [0.2, 0.25) is 0 Å². The molecule has 2 aromatic heterocycles. The molecule has 1 saturated carbocycles. The predicted molar refractivity (Wildman–Crippen MR) is 157 cm³/mol. The van der Waals surface area contributed by atoms with Crippen LogP contribution in [0.3, 0.4) is 0 Å². The number of hydrogen-bond donors (Lipinski definition) is 4. The maximum absolute atomic E-state index is 12.1. The van der Waals surface area contributed by atoms with Crippen LogP contribution in [0.1, 0.15) is 69.0 Å². The molecule has 39 heavy (non-hydrogen) atoms. The first-order valence-electron chi connectivity index (χ1n) is 14.6. The Bertz CT molecular complexity index is 1300. The standard InChI is InChI=1S/C31H42N6O2/c1-21(8-3-4-10-25-16-15-24-9-7-18-33-29(24)35-25)32-19-17-27(31(38)39)34-22(2)30-36-26-11-5-6-12-28(26)37(30)20-23-13-14-23/h5-6,11-12,15-16,21,23,27,32,34H,2-4,7-10,13-14,17-20H2,1H3,(H,33,35)(H,38,39). The van der Waals surface area contributed by atoms with Crippen molar-refractivity contribution in [1.29, 1.82) is 0 Å². The second-order valence-corrected chi connectivity index (χ2v) is 11.2. The van der Waals surface area contributed by atoms with Gasteiger partial charge in [-0.15, -0.1) is 0 Å². The molecule has 1 aromatic carbocycles. The highest BCUT2D eigenvalue weighted by Crippen LogP contribution is 2.33. The summed E-state index contributed by atoms with van der Waals surface area (Å²) < 4.78 is 2.19. The van der Waals surface area contributed by atoms with E-state index in [0.717, 1.165) is 73.6 Å². The lowest BCUT2D eigenvalue weighted by molar-refractivity contribution is -0.139. The molecular formula is C31H42N6O2. The quantitative estimate of drug-likeness (QED) is 0.205. The van der Waals surface area contributed by atoms with Crippen LogP contribution in [0.4, 0.5) is 5.82 Å². The minimum Gasteiger partial charge on any atom is -0.480 e. The number of aromatic nitrogens is 3. The van der Waals surface area contributed by atoms with Gasteiger partial charge < -0.3 is 25.6 Å². The fourth-order valence-electron chi connectivity index (χ4n) is 5.42. The van der Waals surface area contributed by atoms with Crippen LogP contribution >= 0.6 is 0 Å². The summed E-state index contributed by atoms with van der Waals surface area (Å²) in [5.41, 5.74) is 5.04. The van der Waals surface area contributed by atoms with E-state index in [0.29, 0.717) is 30.6 Å². The minimum absolute atomic E-state index is 0.323. The SMILES string of the molecule is C=C(NC(CCNC(C)CCCCc1ccc2c(n1)NCCC2)C(=O)O)c1nc2ccccc2n1CC1CC1. The van der Waals surface area contributed by atoms with Gasteiger partial charge in [0.2, 0.25) is 0 Å². The van der Waals surface area contributed by atoms with Gasteiger partial charge in [0, 0.05) is 24.8 Å². The Balaban J connectivity index is 1.06. The molecule has 0 bridgehead atoms. The monoisotopic (exact) mass is 530 g/mol. The second-order valence-electron chi connectivity index (χ2n) is 11.2. The number of imidazole rings is 1. The van der Waals surface area contributed by atoms with E-state index in [-0.39, 0.29) is 0 Å². The van der Waals surface area contributed by atoms with E-state index >= 15 is 0 Å². The van der Waals surface area contributed by atoms with Crippen molar-refractivity contribution in [3.05, 3.63) is 60.1 Å². The lowest BCUT2D eigenvalue weighted by Crippen LogP contribution is -2.39. The van der Waals surface area contributed by atoms with Crippen molar-refractivity contribution in [2.75, 3.05) is 18.4 Å². The number of benzene rings is 1. The van der Waals surface area contributed by atoms with Gasteiger partial charge in [-0.05, 0) is 94.5 Å². The third-order valence-electron chi connectivity index (χ3n) is 7.91. The van der Waals surface area contributed by atoms with Gasteiger partial charge in [-0.1, -0.05) is 31.2 Å². The molecule has 1 aliphatic carbocycles. The van der Waals surface area contributed by atoms with Crippen LogP contribution in [0.15, 0.2) is 43.0 Å². The number of nitrogens with one attached hydrogen (secondary N) is 3. The number of pyridine rings is 1. The third-order valence-corrected chi connectivity index (χ3v) is 7.91. The largest absolute Gasteiger partial charge is 0.480 e. The summed E-state index contributed by atoms with van der Waals surface area (Å²) in [6.45, 7) is 8.89. The predicted octanol–water partition coefficient (Wildman–Crippen LogP) is 4.99. The average molecular weight is 531 g/mol. The van der Waals surface area contributed by atoms with Crippen molar-refractivity contribution in [2.45, 2.75) is 83.3 Å². The summed E-state index contributed by atoms with van der Waals surface area (Å²) in [6, 6.07) is 12.0. The van der Waals surface area contributed by atoms with Gasteiger partial charge in [-0.2, -0.15) is 0 Å². The number of para-hydroxylation sites is 2. The van der Waals surface area contributed by atoms with Gasteiger partial charge in [-0.25, -0.2) is 14.8 Å². The number of anilines is 1. The topological polar surface area (TPSA) is 104 Å². The van der Waals surface area contributed by atoms with Crippen LogP contribution < -0.4 is 16.0 Å². The molecule has 8 heteroatoms. The molecule has 1 aliphatic heterocycles. The lowest BCUT2D eigenvalue weighted by Gasteiger charge is -2.20. The molecule has 0 spiro atoms. The number of carboxylic acids is 1. The molecule has 2 unspecified atom stereocenters. The third kappa shape index (κ3) is 7.18. The molecule has 8 nitrogen and oxygen atoms in total. The molecule has 2 atom stereocenters. The first-order chi connectivity index (χ1) is 19.0. The Kier molecular flexibility index (Phi) is 8.81. The number of nitrogens with zero attached hydrogens (tertiary/aromatic N) is 3. The summed E-state index contributed by atoms with van der Waals surface area (Å²) in [4.78, 5) is 21.6. The molecule has 4 N–H and O–H groups in total. The molecule has 3 aromatic rings. The van der Waals surface area contributed by atoms with Gasteiger partial charge in [0.1, 0.15) is 11.9 Å². The molecule has 1 fully saturated rings. The fraction of sp³-hybridized carbons (Fsp3) is 0.516. The van der Waals surface area contributed by atoms with Crippen LogP contribution in [0, 0.1) is 5.92 Å². The smallest absolute Gasteiger partial charge is 0.326 e. The summed E-state index contributed by atoms with van der Waals surface area (Å²) in [7, 11) is 0. The summed E-state index contributed by atoms with van der Waals surface area (Å²) in [5.74, 6) is 1.60. The normalized spacial score (nSPS) is 16.3. The Morgan fingerprint density at radius 3 is 2.85 bits per heavy atom. The van der Waals surface area contributed by atoms with Crippen LogP contribution in [-0.2, 0) is 24.2 Å². The number of aryl methyl sites for hydroxylation is 2. The van der Waals surface area contributed by atoms with Crippen molar-refractivity contribution in [3.63, 3.8) is 0 Å². The van der Waals surface area contributed by atoms with Gasteiger partial charge in [0.05, 0.1) is 16.7 Å². The summed E-state index contributed by atoms with van der Waals surface area (Å²) >= 11 is 0. The van der Waals surface area contributed by atoms with Crippen molar-refractivity contribution in [1.82, 2.24) is 25.2 Å². The summed E-state index contributed by atoms with van der Waals surface area (Å²) in [5, 5.41) is 20.0. The maximum Gasteiger partial charge on any atom is 0.326 e. The van der Waals surface area contributed by atoms with Crippen LogP contribution in [-0.4, -0.2) is 50.8 Å². The molecule has 0 saturated heterocycles. The minimum atomic E-state index is -0.873. The molecule has 0 radical (unpaired) electrons. The van der Waals surface area contributed by atoms with Crippen molar-refractivity contribution >= 4 is 28.5 Å². The fourth-order valence-corrected chi connectivity index (χ4v) is 5.42. The highest BCUT2D eigenvalue weighted by Gasteiger charge is 2.26. The highest BCUT2D eigenvalue weighted by molar-refractivity contribution is 5.81. The van der Waals surface area contributed by atoms with E-state index in [1.54, 1.807) is 0 Å². The molecule has 5 rings (SSSR count). The Morgan fingerprint density at radius 1 is 1.18 bits per heavy atom. The zero-order valence-corrected chi connectivity index (χ0v) is 23.1. The van der Waals surface area contributed by atoms with Crippen LogP contribution in [0.5, 0.6) is 0 Å². The van der Waals surface area contributed by atoms with Crippen molar-refractivity contribution in [3.8, 4) is 0 Å². The number of fused-ring (bicyclic) bond motifs is 2. The molecule has 3 heterocycles. The first kappa shape index (κ1) is 27.2. The Morgan fingerprint density at radius 2 is 2.03 bits per heavy atom. The van der Waals surface area contributed by atoms with Crippen LogP contribution in [0.25, 0.3) is 16.7 Å². The van der Waals surface area contributed by atoms with Gasteiger partial charge >= 0.3 is 5.97 Å². The van der Waals surface area contributed by atoms with Gasteiger partial charge in [0.15, 0.2) is 5.82 Å².